The average molecular weight is 467 g/mol. The fourth-order valence-corrected chi connectivity index (χ4v) is 5.16. The number of hydrogen-bond acceptors (Lipinski definition) is 6. The number of rotatable bonds is 3. The van der Waals surface area contributed by atoms with Crippen LogP contribution in [0.4, 0.5) is 10.4 Å². The molecule has 10 heteroatoms. The van der Waals surface area contributed by atoms with Crippen molar-refractivity contribution in [2.45, 2.75) is 6.42 Å². The number of piperidine rings is 2. The minimum atomic E-state index is -0.464. The van der Waals surface area contributed by atoms with Gasteiger partial charge in [0.25, 0.3) is 11.9 Å². The van der Waals surface area contributed by atoms with E-state index in [1.807, 2.05) is 11.0 Å². The molecule has 2 aliphatic heterocycles. The number of halogens is 2. The quantitative estimate of drug-likeness (QED) is 0.457. The fraction of sp³-hybridized carbons (Fsp3) is 0.304. The Hall–Kier alpha value is -3.46. The Morgan fingerprint density at radius 1 is 1.03 bits per heavy atom. The van der Waals surface area contributed by atoms with Crippen LogP contribution in [0.1, 0.15) is 16.8 Å². The molecule has 2 unspecified atom stereocenters. The summed E-state index contributed by atoms with van der Waals surface area (Å²) in [5.74, 6) is -0.144. The molecule has 0 saturated carbocycles. The van der Waals surface area contributed by atoms with Crippen LogP contribution in [0, 0.1) is 17.7 Å². The zero-order valence-electron chi connectivity index (χ0n) is 17.6. The van der Waals surface area contributed by atoms with Gasteiger partial charge >= 0.3 is 0 Å². The first-order chi connectivity index (χ1) is 16.0. The zero-order chi connectivity index (χ0) is 22.5. The highest BCUT2D eigenvalue weighted by atomic mass is 35.5. The van der Waals surface area contributed by atoms with Crippen molar-refractivity contribution in [3.8, 4) is 5.69 Å². The van der Waals surface area contributed by atoms with E-state index in [0.29, 0.717) is 35.4 Å². The molecule has 4 heterocycles. The van der Waals surface area contributed by atoms with Gasteiger partial charge in [0.15, 0.2) is 5.58 Å². The third-order valence-electron chi connectivity index (χ3n) is 6.30. The van der Waals surface area contributed by atoms with E-state index in [2.05, 4.69) is 20.1 Å². The Bertz CT molecular complexity index is 1330. The Balaban J connectivity index is 1.23. The summed E-state index contributed by atoms with van der Waals surface area (Å²) in [6, 6.07) is 10.1. The lowest BCUT2D eigenvalue weighted by Gasteiger charge is -2.45. The van der Waals surface area contributed by atoms with Crippen LogP contribution in [0.25, 0.3) is 16.8 Å². The van der Waals surface area contributed by atoms with Crippen molar-refractivity contribution in [2.24, 2.45) is 11.8 Å². The first kappa shape index (κ1) is 20.2. The summed E-state index contributed by atoms with van der Waals surface area (Å²) < 4.78 is 20.0. The molecule has 8 nitrogen and oxygen atoms in total. The van der Waals surface area contributed by atoms with E-state index in [9.17, 15) is 9.18 Å². The molecule has 2 saturated heterocycles. The largest absolute Gasteiger partial charge is 0.423 e. The van der Waals surface area contributed by atoms with E-state index in [0.717, 1.165) is 25.0 Å². The third-order valence-corrected chi connectivity index (χ3v) is 6.54. The average Bonchev–Trinajstić information content (AvgIpc) is 3.47. The van der Waals surface area contributed by atoms with Gasteiger partial charge < -0.3 is 14.2 Å². The molecule has 0 radical (unpaired) electrons. The summed E-state index contributed by atoms with van der Waals surface area (Å²) in [4.78, 5) is 23.4. The SMILES string of the molecule is O=C(c1cc(F)ccc1-n1nccn1)N1CC2CC(C1)CN(c1nc3cc(Cl)ccc3o1)C2. The minimum Gasteiger partial charge on any atom is -0.423 e. The third kappa shape index (κ3) is 3.72. The van der Waals surface area contributed by atoms with E-state index in [4.69, 9.17) is 16.0 Å². The summed E-state index contributed by atoms with van der Waals surface area (Å²) in [5, 5.41) is 8.84. The number of carbonyl (C=O) groups is 1. The van der Waals surface area contributed by atoms with E-state index in [1.165, 1.54) is 35.4 Å². The van der Waals surface area contributed by atoms with Gasteiger partial charge in [-0.25, -0.2) is 4.39 Å². The summed E-state index contributed by atoms with van der Waals surface area (Å²) in [5.41, 5.74) is 2.16. The van der Waals surface area contributed by atoms with Crippen molar-refractivity contribution in [1.82, 2.24) is 24.9 Å². The maximum atomic E-state index is 14.0. The summed E-state index contributed by atoms with van der Waals surface area (Å²) >= 11 is 6.08. The number of likely N-dealkylation sites (tertiary alicyclic amines) is 1. The van der Waals surface area contributed by atoms with Crippen LogP contribution in [0.15, 0.2) is 53.2 Å². The second kappa shape index (κ2) is 7.84. The second-order valence-electron chi connectivity index (χ2n) is 8.67. The lowest BCUT2D eigenvalue weighted by Crippen LogP contribution is -2.54. The van der Waals surface area contributed by atoms with Crippen LogP contribution in [0.2, 0.25) is 5.02 Å². The van der Waals surface area contributed by atoms with Gasteiger partial charge in [-0.1, -0.05) is 11.6 Å². The number of benzene rings is 2. The fourth-order valence-electron chi connectivity index (χ4n) is 4.99. The molecule has 0 aliphatic carbocycles. The molecule has 0 spiro atoms. The predicted octanol–water partition coefficient (Wildman–Crippen LogP) is 3.80. The van der Waals surface area contributed by atoms with Crippen molar-refractivity contribution >= 4 is 34.6 Å². The summed E-state index contributed by atoms with van der Waals surface area (Å²) in [6.45, 7) is 2.63. The summed E-state index contributed by atoms with van der Waals surface area (Å²) in [6.07, 6.45) is 4.08. The van der Waals surface area contributed by atoms with Gasteiger partial charge in [-0.3, -0.25) is 4.79 Å². The molecule has 2 atom stereocenters. The van der Waals surface area contributed by atoms with Gasteiger partial charge in [0.05, 0.1) is 23.6 Å². The molecular formula is C23H20ClFN6O2. The maximum Gasteiger partial charge on any atom is 0.298 e. The minimum absolute atomic E-state index is 0.207. The normalized spacial score (nSPS) is 20.4. The van der Waals surface area contributed by atoms with Crippen molar-refractivity contribution in [3.63, 3.8) is 0 Å². The Morgan fingerprint density at radius 3 is 2.55 bits per heavy atom. The first-order valence-electron chi connectivity index (χ1n) is 10.8. The van der Waals surface area contributed by atoms with Gasteiger partial charge in [0.1, 0.15) is 11.3 Å². The number of carbonyl (C=O) groups excluding carboxylic acids is 1. The molecule has 2 bridgehead atoms. The highest BCUT2D eigenvalue weighted by Crippen LogP contribution is 2.34. The number of anilines is 1. The van der Waals surface area contributed by atoms with Gasteiger partial charge in [0.2, 0.25) is 0 Å². The number of nitrogens with zero attached hydrogens (tertiary/aromatic N) is 6. The van der Waals surface area contributed by atoms with Crippen LogP contribution < -0.4 is 4.90 Å². The molecule has 1 amide bonds. The van der Waals surface area contributed by atoms with Crippen LogP contribution in [-0.4, -0.2) is 57.0 Å². The standard InChI is InChI=1S/C23H20ClFN6O2/c24-16-1-4-21-19(8-16)28-23(33-21)30-12-14-7-15(13-30)11-29(10-14)22(32)18-9-17(25)2-3-20(18)31-26-5-6-27-31/h1-6,8-9,14-15H,7,10-13H2. The van der Waals surface area contributed by atoms with Gasteiger partial charge in [-0.05, 0) is 54.7 Å². The van der Waals surface area contributed by atoms with Crippen molar-refractivity contribution < 1.29 is 13.6 Å². The molecule has 0 N–H and O–H groups in total. The number of hydrogen-bond donors (Lipinski definition) is 0. The highest BCUT2D eigenvalue weighted by molar-refractivity contribution is 6.31. The van der Waals surface area contributed by atoms with Crippen LogP contribution in [-0.2, 0) is 0 Å². The lowest BCUT2D eigenvalue weighted by molar-refractivity contribution is 0.0560. The zero-order valence-corrected chi connectivity index (χ0v) is 18.3. The van der Waals surface area contributed by atoms with Crippen molar-refractivity contribution in [1.29, 1.82) is 0 Å². The van der Waals surface area contributed by atoms with Crippen molar-refractivity contribution in [3.05, 3.63) is 65.2 Å². The Labute approximate surface area is 193 Å². The topological polar surface area (TPSA) is 80.3 Å². The van der Waals surface area contributed by atoms with E-state index in [-0.39, 0.29) is 23.3 Å². The molecular weight excluding hydrogens is 447 g/mol. The number of aromatic nitrogens is 4. The Kier molecular flexibility index (Phi) is 4.79. The molecule has 2 fully saturated rings. The first-order valence-corrected chi connectivity index (χ1v) is 11.2. The smallest absolute Gasteiger partial charge is 0.298 e. The predicted molar refractivity (Wildman–Crippen MR) is 120 cm³/mol. The molecule has 4 aromatic rings. The monoisotopic (exact) mass is 466 g/mol. The molecule has 2 aromatic carbocycles. The van der Waals surface area contributed by atoms with Gasteiger partial charge in [-0.15, -0.1) is 0 Å². The van der Waals surface area contributed by atoms with Crippen LogP contribution >= 0.6 is 11.6 Å². The summed E-state index contributed by atoms with van der Waals surface area (Å²) in [7, 11) is 0. The molecule has 6 rings (SSSR count). The van der Waals surface area contributed by atoms with E-state index >= 15 is 0 Å². The number of oxazole rings is 1. The maximum absolute atomic E-state index is 14.0. The molecule has 2 aromatic heterocycles. The molecule has 2 aliphatic rings. The van der Waals surface area contributed by atoms with Gasteiger partial charge in [0, 0.05) is 31.2 Å². The van der Waals surface area contributed by atoms with Crippen LogP contribution in [0.3, 0.4) is 0 Å². The van der Waals surface area contributed by atoms with Gasteiger partial charge in [-0.2, -0.15) is 20.0 Å². The number of fused-ring (bicyclic) bond motifs is 3. The second-order valence-corrected chi connectivity index (χ2v) is 9.11. The van der Waals surface area contributed by atoms with Crippen molar-refractivity contribution in [2.75, 3.05) is 31.1 Å². The Morgan fingerprint density at radius 2 is 1.79 bits per heavy atom. The lowest BCUT2D eigenvalue weighted by atomic mass is 9.84. The molecule has 168 valence electrons. The van der Waals surface area contributed by atoms with Crippen LogP contribution in [0.5, 0.6) is 0 Å². The molecule has 33 heavy (non-hydrogen) atoms. The van der Waals surface area contributed by atoms with E-state index in [1.54, 1.807) is 12.1 Å². The highest BCUT2D eigenvalue weighted by Gasteiger charge is 2.38. The van der Waals surface area contributed by atoms with E-state index < -0.39 is 5.82 Å². The number of amides is 1.